The molecule has 0 radical (unpaired) electrons. The lowest BCUT2D eigenvalue weighted by atomic mass is 10.1. The summed E-state index contributed by atoms with van der Waals surface area (Å²) in [7, 11) is -3.81. The second-order valence-electron chi connectivity index (χ2n) is 6.90. The number of fused-ring (bicyclic) bond motifs is 1. The van der Waals surface area contributed by atoms with Gasteiger partial charge in [-0.1, -0.05) is 5.16 Å². The lowest BCUT2D eigenvalue weighted by Crippen LogP contribution is -2.13. The fraction of sp³-hybridized carbons (Fsp3) is 0.368. The highest BCUT2D eigenvalue weighted by atomic mass is 32.2. The van der Waals surface area contributed by atoms with E-state index in [0.717, 1.165) is 10.4 Å². The van der Waals surface area contributed by atoms with Crippen molar-refractivity contribution in [1.29, 1.82) is 0 Å². The molecule has 1 aliphatic rings. The van der Waals surface area contributed by atoms with E-state index in [1.54, 1.807) is 19.1 Å². The molecular weight excluding hydrogens is 414 g/mol. The predicted molar refractivity (Wildman–Crippen MR) is 109 cm³/mol. The van der Waals surface area contributed by atoms with Gasteiger partial charge in [0.1, 0.15) is 10.8 Å². The van der Waals surface area contributed by atoms with Crippen molar-refractivity contribution in [2.75, 3.05) is 11.3 Å². The Balaban J connectivity index is 1.69. The first-order valence-electron chi connectivity index (χ1n) is 9.16. The molecule has 1 N–H and O–H groups in total. The van der Waals surface area contributed by atoms with Crippen LogP contribution in [0, 0.1) is 6.92 Å². The molecule has 4 rings (SSSR count). The van der Waals surface area contributed by atoms with Crippen LogP contribution in [0.3, 0.4) is 0 Å². The lowest BCUT2D eigenvalue weighted by molar-refractivity contribution is 0.113. The molecule has 0 fully saturated rings. The zero-order valence-electron chi connectivity index (χ0n) is 16.3. The Hall–Kier alpha value is -2.43. The van der Waals surface area contributed by atoms with Crippen molar-refractivity contribution in [2.45, 2.75) is 44.8 Å². The van der Waals surface area contributed by atoms with E-state index in [1.165, 1.54) is 23.5 Å². The van der Waals surface area contributed by atoms with Gasteiger partial charge < -0.3 is 14.0 Å². The standard InChI is InChI=1S/C19H21N3O5S2/c1-11(2)26-13-4-6-14(7-5-13)29(23,24)22-19-17(18-20-12(3)21-27-18)15-8-9-25-10-16(15)28-19/h4-7,11,22H,8-10H2,1-3H3. The molecule has 29 heavy (non-hydrogen) atoms. The van der Waals surface area contributed by atoms with Crippen LogP contribution in [0.5, 0.6) is 5.75 Å². The molecule has 3 aromatic rings. The molecule has 1 aromatic carbocycles. The number of hydrogen-bond donors (Lipinski definition) is 1. The maximum atomic E-state index is 13.0. The van der Waals surface area contributed by atoms with Gasteiger partial charge in [-0.25, -0.2) is 8.42 Å². The number of benzene rings is 1. The highest BCUT2D eigenvalue weighted by molar-refractivity contribution is 7.93. The molecule has 154 valence electrons. The van der Waals surface area contributed by atoms with E-state index in [4.69, 9.17) is 14.0 Å². The Morgan fingerprint density at radius 1 is 1.24 bits per heavy atom. The minimum atomic E-state index is -3.81. The Kier molecular flexibility index (Phi) is 5.32. The second-order valence-corrected chi connectivity index (χ2v) is 9.69. The van der Waals surface area contributed by atoms with Crippen LogP contribution in [0.1, 0.15) is 30.1 Å². The van der Waals surface area contributed by atoms with Crippen LogP contribution in [-0.4, -0.2) is 31.3 Å². The van der Waals surface area contributed by atoms with Crippen molar-refractivity contribution in [3.63, 3.8) is 0 Å². The second kappa shape index (κ2) is 7.77. The number of anilines is 1. The molecule has 2 aromatic heterocycles. The summed E-state index contributed by atoms with van der Waals surface area (Å²) in [6.45, 7) is 6.54. The van der Waals surface area contributed by atoms with E-state index >= 15 is 0 Å². The average molecular weight is 436 g/mol. The summed E-state index contributed by atoms with van der Waals surface area (Å²) in [4.78, 5) is 5.40. The van der Waals surface area contributed by atoms with Crippen molar-refractivity contribution in [3.05, 3.63) is 40.5 Å². The molecule has 0 bridgehead atoms. The van der Waals surface area contributed by atoms with Crippen LogP contribution < -0.4 is 9.46 Å². The normalized spacial score (nSPS) is 14.1. The van der Waals surface area contributed by atoms with E-state index in [0.29, 0.717) is 47.7 Å². The van der Waals surface area contributed by atoms with E-state index in [2.05, 4.69) is 14.9 Å². The topological polar surface area (TPSA) is 104 Å². The van der Waals surface area contributed by atoms with E-state index in [9.17, 15) is 8.42 Å². The maximum Gasteiger partial charge on any atom is 0.262 e. The number of ether oxygens (including phenoxy) is 2. The van der Waals surface area contributed by atoms with Gasteiger partial charge >= 0.3 is 0 Å². The van der Waals surface area contributed by atoms with Gasteiger partial charge in [-0.15, -0.1) is 11.3 Å². The monoisotopic (exact) mass is 435 g/mol. The molecule has 0 aliphatic carbocycles. The number of hydrogen-bond acceptors (Lipinski definition) is 8. The maximum absolute atomic E-state index is 13.0. The first kappa shape index (κ1) is 19.9. The van der Waals surface area contributed by atoms with Crippen LogP contribution in [0.25, 0.3) is 11.5 Å². The SMILES string of the molecule is Cc1noc(-c2c(NS(=O)(=O)c3ccc(OC(C)C)cc3)sc3c2CCOC3)n1. The molecule has 0 atom stereocenters. The number of rotatable bonds is 6. The van der Waals surface area contributed by atoms with Gasteiger partial charge in [-0.3, -0.25) is 4.72 Å². The highest BCUT2D eigenvalue weighted by Gasteiger charge is 2.28. The van der Waals surface area contributed by atoms with Crippen LogP contribution in [0.15, 0.2) is 33.7 Å². The minimum absolute atomic E-state index is 0.00987. The summed E-state index contributed by atoms with van der Waals surface area (Å²) in [5, 5.41) is 4.30. The van der Waals surface area contributed by atoms with Gasteiger partial charge in [-0.2, -0.15) is 4.98 Å². The number of sulfonamides is 1. The summed E-state index contributed by atoms with van der Waals surface area (Å²) < 4.78 is 45.1. The summed E-state index contributed by atoms with van der Waals surface area (Å²) in [5.41, 5.74) is 1.63. The third kappa shape index (κ3) is 4.14. The van der Waals surface area contributed by atoms with E-state index < -0.39 is 10.0 Å². The van der Waals surface area contributed by atoms with Crippen LogP contribution in [0.4, 0.5) is 5.00 Å². The van der Waals surface area contributed by atoms with Crippen LogP contribution in [-0.2, 0) is 27.8 Å². The number of thiophene rings is 1. The molecule has 10 heteroatoms. The van der Waals surface area contributed by atoms with Crippen molar-refractivity contribution >= 4 is 26.4 Å². The fourth-order valence-electron chi connectivity index (χ4n) is 3.08. The third-order valence-corrected chi connectivity index (χ3v) is 6.91. The van der Waals surface area contributed by atoms with Crippen LogP contribution in [0.2, 0.25) is 0 Å². The molecule has 8 nitrogen and oxygen atoms in total. The van der Waals surface area contributed by atoms with Gasteiger partial charge in [0.25, 0.3) is 15.9 Å². The zero-order valence-corrected chi connectivity index (χ0v) is 17.9. The van der Waals surface area contributed by atoms with Crippen LogP contribution >= 0.6 is 11.3 Å². The molecule has 0 saturated carbocycles. The van der Waals surface area contributed by atoms with Gasteiger partial charge in [-0.05, 0) is 57.0 Å². The third-order valence-electron chi connectivity index (χ3n) is 4.29. The molecular formula is C19H21N3O5S2. The van der Waals surface area contributed by atoms with E-state index in [1.807, 2.05) is 13.8 Å². The van der Waals surface area contributed by atoms with Gasteiger partial charge in [0, 0.05) is 4.88 Å². The van der Waals surface area contributed by atoms with Gasteiger partial charge in [0.05, 0.1) is 29.8 Å². The van der Waals surface area contributed by atoms with Crippen molar-refractivity contribution in [3.8, 4) is 17.2 Å². The summed E-state index contributed by atoms with van der Waals surface area (Å²) in [5.74, 6) is 1.41. The first-order valence-corrected chi connectivity index (χ1v) is 11.5. The van der Waals surface area contributed by atoms with E-state index in [-0.39, 0.29) is 11.0 Å². The Bertz CT molecular complexity index is 1120. The summed E-state index contributed by atoms with van der Waals surface area (Å²) in [6.07, 6.45) is 0.668. The van der Waals surface area contributed by atoms with Crippen molar-refractivity contribution < 1.29 is 22.4 Å². The molecule has 1 aliphatic heterocycles. The smallest absolute Gasteiger partial charge is 0.262 e. The number of aryl methyl sites for hydroxylation is 1. The van der Waals surface area contributed by atoms with Crippen molar-refractivity contribution in [1.82, 2.24) is 10.1 Å². The predicted octanol–water partition coefficient (Wildman–Crippen LogP) is 3.77. The lowest BCUT2D eigenvalue weighted by Gasteiger charge is -2.12. The first-order chi connectivity index (χ1) is 13.8. The fourth-order valence-corrected chi connectivity index (χ4v) is 5.56. The Morgan fingerprint density at radius 2 is 2.00 bits per heavy atom. The zero-order chi connectivity index (χ0) is 20.6. The van der Waals surface area contributed by atoms with Crippen molar-refractivity contribution in [2.24, 2.45) is 0 Å². The van der Waals surface area contributed by atoms with Gasteiger partial charge in [0.15, 0.2) is 5.82 Å². The molecule has 0 unspecified atom stereocenters. The molecule has 0 saturated heterocycles. The number of nitrogens with zero attached hydrogens (tertiary/aromatic N) is 2. The molecule has 0 amide bonds. The summed E-state index contributed by atoms with van der Waals surface area (Å²) in [6, 6.07) is 6.33. The summed E-state index contributed by atoms with van der Waals surface area (Å²) >= 11 is 1.33. The Labute approximate surface area is 172 Å². The highest BCUT2D eigenvalue weighted by Crippen LogP contribution is 2.43. The molecule has 0 spiro atoms. The van der Waals surface area contributed by atoms with Gasteiger partial charge in [0.2, 0.25) is 0 Å². The number of aromatic nitrogens is 2. The molecule has 3 heterocycles. The quantitative estimate of drug-likeness (QED) is 0.628. The minimum Gasteiger partial charge on any atom is -0.491 e. The average Bonchev–Trinajstić information content (AvgIpc) is 3.23. The number of nitrogens with one attached hydrogen (secondary N) is 1. The Morgan fingerprint density at radius 3 is 2.66 bits per heavy atom. The largest absolute Gasteiger partial charge is 0.491 e.